The molecule has 0 atom stereocenters. The third-order valence-electron chi connectivity index (χ3n) is 3.81. The van der Waals surface area contributed by atoms with Gasteiger partial charge in [0.1, 0.15) is 17.8 Å². The van der Waals surface area contributed by atoms with E-state index in [0.717, 1.165) is 21.4 Å². The first-order valence-electron chi connectivity index (χ1n) is 7.73. The van der Waals surface area contributed by atoms with Gasteiger partial charge in [0.25, 0.3) is 5.91 Å². The first kappa shape index (κ1) is 17.1. The lowest BCUT2D eigenvalue weighted by Gasteiger charge is -2.18. The number of carbonyl (C=O) groups is 1. The predicted octanol–water partition coefficient (Wildman–Crippen LogP) is 4.57. The summed E-state index contributed by atoms with van der Waals surface area (Å²) in [5.41, 5.74) is 3.02. The van der Waals surface area contributed by atoms with Crippen molar-refractivity contribution >= 4 is 39.0 Å². The molecule has 0 spiro atoms. The standard InChI is InChI=1S/C19H17BrN4O/c1-13-10-14(20)8-9-16(13)23-19(25)17-11-18(22-12-21-17)24(2)15-6-4-3-5-7-15/h3-12H,1-2H3,(H,23,25). The van der Waals surface area contributed by atoms with Gasteiger partial charge >= 0.3 is 0 Å². The lowest BCUT2D eigenvalue weighted by atomic mass is 10.2. The number of amides is 1. The Labute approximate surface area is 154 Å². The first-order valence-corrected chi connectivity index (χ1v) is 8.52. The van der Waals surface area contributed by atoms with E-state index in [2.05, 4.69) is 31.2 Å². The van der Waals surface area contributed by atoms with Crippen molar-refractivity contribution in [3.8, 4) is 0 Å². The van der Waals surface area contributed by atoms with Gasteiger partial charge in [-0.15, -0.1) is 0 Å². The largest absolute Gasteiger partial charge is 0.329 e. The van der Waals surface area contributed by atoms with Crippen LogP contribution in [0.2, 0.25) is 0 Å². The molecule has 0 saturated heterocycles. The second-order valence-corrected chi connectivity index (χ2v) is 6.49. The highest BCUT2D eigenvalue weighted by Crippen LogP contribution is 2.23. The first-order chi connectivity index (χ1) is 12.0. The zero-order valence-corrected chi connectivity index (χ0v) is 15.5. The minimum Gasteiger partial charge on any atom is -0.329 e. The molecule has 1 amide bonds. The number of hydrogen-bond donors (Lipinski definition) is 1. The number of carbonyl (C=O) groups excluding carboxylic acids is 1. The monoisotopic (exact) mass is 396 g/mol. The maximum absolute atomic E-state index is 12.5. The average molecular weight is 397 g/mol. The van der Waals surface area contributed by atoms with E-state index in [0.29, 0.717) is 11.5 Å². The number of aryl methyl sites for hydroxylation is 1. The number of halogens is 1. The number of nitrogens with one attached hydrogen (secondary N) is 1. The number of para-hydroxylation sites is 1. The van der Waals surface area contributed by atoms with Crippen molar-refractivity contribution in [2.24, 2.45) is 0 Å². The van der Waals surface area contributed by atoms with Gasteiger partial charge in [-0.2, -0.15) is 0 Å². The van der Waals surface area contributed by atoms with Crippen molar-refractivity contribution in [3.05, 3.63) is 76.7 Å². The Morgan fingerprint density at radius 1 is 1.08 bits per heavy atom. The maximum atomic E-state index is 12.5. The molecule has 0 fully saturated rings. The van der Waals surface area contributed by atoms with Crippen LogP contribution in [0, 0.1) is 6.92 Å². The van der Waals surface area contributed by atoms with Crippen molar-refractivity contribution in [1.82, 2.24) is 9.97 Å². The Bertz CT molecular complexity index is 899. The van der Waals surface area contributed by atoms with Gasteiger partial charge in [-0.05, 0) is 42.8 Å². The Balaban J connectivity index is 1.82. The third-order valence-corrected chi connectivity index (χ3v) is 4.30. The summed E-state index contributed by atoms with van der Waals surface area (Å²) in [6.45, 7) is 1.94. The Hall–Kier alpha value is -2.73. The maximum Gasteiger partial charge on any atom is 0.274 e. The second kappa shape index (κ2) is 7.44. The van der Waals surface area contributed by atoms with Gasteiger partial charge in [-0.1, -0.05) is 34.1 Å². The van der Waals surface area contributed by atoms with Crippen molar-refractivity contribution in [2.45, 2.75) is 6.92 Å². The normalized spacial score (nSPS) is 10.4. The summed E-state index contributed by atoms with van der Waals surface area (Å²) in [4.78, 5) is 22.8. The molecule has 3 rings (SSSR count). The Morgan fingerprint density at radius 3 is 2.56 bits per heavy atom. The number of hydrogen-bond acceptors (Lipinski definition) is 4. The molecule has 0 aliphatic heterocycles. The molecule has 0 unspecified atom stereocenters. The highest BCUT2D eigenvalue weighted by Gasteiger charge is 2.13. The summed E-state index contributed by atoms with van der Waals surface area (Å²) in [6.07, 6.45) is 1.40. The number of rotatable bonds is 4. The van der Waals surface area contributed by atoms with Gasteiger partial charge in [-0.3, -0.25) is 4.79 Å². The Kier molecular flexibility index (Phi) is 5.09. The fourth-order valence-corrected chi connectivity index (χ4v) is 2.87. The van der Waals surface area contributed by atoms with Gasteiger partial charge in [0.15, 0.2) is 0 Å². The van der Waals surface area contributed by atoms with Crippen LogP contribution in [0.25, 0.3) is 0 Å². The van der Waals surface area contributed by atoms with Crippen LogP contribution in [-0.4, -0.2) is 22.9 Å². The molecule has 25 heavy (non-hydrogen) atoms. The van der Waals surface area contributed by atoms with Gasteiger partial charge in [0.2, 0.25) is 0 Å². The summed E-state index contributed by atoms with van der Waals surface area (Å²) in [6, 6.07) is 17.2. The van der Waals surface area contributed by atoms with E-state index in [1.165, 1.54) is 6.33 Å². The number of benzene rings is 2. The molecule has 1 N–H and O–H groups in total. The molecule has 1 heterocycles. The summed E-state index contributed by atoms with van der Waals surface area (Å²) >= 11 is 3.42. The van der Waals surface area contributed by atoms with Crippen LogP contribution >= 0.6 is 15.9 Å². The quantitative estimate of drug-likeness (QED) is 0.701. The fourth-order valence-electron chi connectivity index (χ4n) is 2.39. The molecule has 3 aromatic rings. The van der Waals surface area contributed by atoms with Gasteiger partial charge in [0, 0.05) is 29.0 Å². The molecule has 5 nitrogen and oxygen atoms in total. The van der Waals surface area contributed by atoms with E-state index in [1.807, 2.05) is 67.4 Å². The molecule has 0 bridgehead atoms. The van der Waals surface area contributed by atoms with Crippen molar-refractivity contribution in [2.75, 3.05) is 17.3 Å². The summed E-state index contributed by atoms with van der Waals surface area (Å²) in [5, 5.41) is 2.89. The van der Waals surface area contributed by atoms with Crippen LogP contribution in [-0.2, 0) is 0 Å². The van der Waals surface area contributed by atoms with Crippen LogP contribution in [0.5, 0.6) is 0 Å². The lowest BCUT2D eigenvalue weighted by Crippen LogP contribution is -2.17. The van der Waals surface area contributed by atoms with Crippen LogP contribution in [0.3, 0.4) is 0 Å². The minimum atomic E-state index is -0.268. The molecule has 2 aromatic carbocycles. The third kappa shape index (κ3) is 4.03. The fraction of sp³-hybridized carbons (Fsp3) is 0.105. The molecule has 0 radical (unpaired) electrons. The van der Waals surface area contributed by atoms with Gasteiger partial charge in [-0.25, -0.2) is 9.97 Å². The smallest absolute Gasteiger partial charge is 0.274 e. The van der Waals surface area contributed by atoms with Crippen LogP contribution in [0.1, 0.15) is 16.1 Å². The topological polar surface area (TPSA) is 58.1 Å². The van der Waals surface area contributed by atoms with E-state index in [-0.39, 0.29) is 5.91 Å². The summed E-state index contributed by atoms with van der Waals surface area (Å²) < 4.78 is 0.969. The zero-order valence-electron chi connectivity index (χ0n) is 13.9. The molecular weight excluding hydrogens is 380 g/mol. The van der Waals surface area contributed by atoms with Gasteiger partial charge < -0.3 is 10.2 Å². The van der Waals surface area contributed by atoms with Gasteiger partial charge in [0.05, 0.1) is 0 Å². The number of nitrogens with zero attached hydrogens (tertiary/aromatic N) is 3. The number of anilines is 3. The van der Waals surface area contributed by atoms with E-state index in [4.69, 9.17) is 0 Å². The summed E-state index contributed by atoms with van der Waals surface area (Å²) in [7, 11) is 1.90. The lowest BCUT2D eigenvalue weighted by molar-refractivity contribution is 0.102. The van der Waals surface area contributed by atoms with E-state index in [9.17, 15) is 4.79 Å². The average Bonchev–Trinajstić information content (AvgIpc) is 2.64. The molecular formula is C19H17BrN4O. The van der Waals surface area contributed by atoms with Crippen molar-refractivity contribution in [3.63, 3.8) is 0 Å². The zero-order chi connectivity index (χ0) is 17.8. The molecule has 1 aromatic heterocycles. The van der Waals surface area contributed by atoms with Crippen LogP contribution in [0.4, 0.5) is 17.2 Å². The highest BCUT2D eigenvalue weighted by molar-refractivity contribution is 9.10. The van der Waals surface area contributed by atoms with Crippen molar-refractivity contribution < 1.29 is 4.79 Å². The SMILES string of the molecule is Cc1cc(Br)ccc1NC(=O)c1cc(N(C)c2ccccc2)ncn1. The van der Waals surface area contributed by atoms with E-state index in [1.54, 1.807) is 6.07 Å². The molecule has 6 heteroatoms. The van der Waals surface area contributed by atoms with E-state index >= 15 is 0 Å². The minimum absolute atomic E-state index is 0.268. The molecule has 0 aliphatic carbocycles. The van der Waals surface area contributed by atoms with Crippen molar-refractivity contribution in [1.29, 1.82) is 0 Å². The van der Waals surface area contributed by atoms with E-state index < -0.39 is 0 Å². The molecule has 0 aliphatic rings. The Morgan fingerprint density at radius 2 is 1.84 bits per heavy atom. The van der Waals surface area contributed by atoms with Crippen LogP contribution in [0.15, 0.2) is 65.4 Å². The summed E-state index contributed by atoms with van der Waals surface area (Å²) in [5.74, 6) is 0.384. The predicted molar refractivity (Wildman–Crippen MR) is 103 cm³/mol. The molecule has 0 saturated carbocycles. The number of aromatic nitrogens is 2. The highest BCUT2D eigenvalue weighted by atomic mass is 79.9. The van der Waals surface area contributed by atoms with Crippen LogP contribution < -0.4 is 10.2 Å². The molecule has 126 valence electrons. The second-order valence-electron chi connectivity index (χ2n) is 5.57.